The van der Waals surface area contributed by atoms with Crippen LogP contribution in [0.15, 0.2) is 0 Å². The number of nitrogens with one attached hydrogen (secondary N) is 1. The van der Waals surface area contributed by atoms with Crippen LogP contribution in [0.25, 0.3) is 0 Å². The quantitative estimate of drug-likeness (QED) is 0.641. The van der Waals surface area contributed by atoms with E-state index in [9.17, 15) is 8.42 Å². The molecule has 5 nitrogen and oxygen atoms in total. The highest BCUT2D eigenvalue weighted by atomic mass is 32.2. The highest BCUT2D eigenvalue weighted by Gasteiger charge is 2.14. The maximum atomic E-state index is 11.4. The van der Waals surface area contributed by atoms with Crippen LogP contribution in [-0.4, -0.2) is 59.0 Å². The van der Waals surface area contributed by atoms with Crippen LogP contribution in [-0.2, 0) is 14.8 Å². The fourth-order valence-corrected chi connectivity index (χ4v) is 1.61. The molecule has 0 rings (SSSR count). The summed E-state index contributed by atoms with van der Waals surface area (Å²) in [5.41, 5.74) is 0. The van der Waals surface area contributed by atoms with Gasteiger partial charge in [-0.15, -0.1) is 0 Å². The summed E-state index contributed by atoms with van der Waals surface area (Å²) in [4.78, 5) is 2.02. The van der Waals surface area contributed by atoms with Crippen molar-refractivity contribution in [3.8, 4) is 0 Å². The second-order valence-corrected chi connectivity index (χ2v) is 6.11. The summed E-state index contributed by atoms with van der Waals surface area (Å²) in [6, 6.07) is 0. The number of ether oxygens (including phenoxy) is 1. The molecule has 0 heterocycles. The second kappa shape index (κ2) is 7.16. The number of hydrogen-bond donors (Lipinski definition) is 1. The summed E-state index contributed by atoms with van der Waals surface area (Å²) >= 11 is 0. The SMILES string of the molecule is COCCN(C)CCNS(=O)(=O)C(C)C. The first-order chi connectivity index (χ1) is 6.90. The molecule has 0 saturated heterocycles. The van der Waals surface area contributed by atoms with Gasteiger partial charge in [0.2, 0.25) is 10.0 Å². The van der Waals surface area contributed by atoms with Crippen molar-refractivity contribution < 1.29 is 13.2 Å². The third kappa shape index (κ3) is 6.83. The Balaban J connectivity index is 3.70. The first kappa shape index (κ1) is 14.8. The molecule has 0 aliphatic rings. The fourth-order valence-electron chi connectivity index (χ4n) is 0.904. The van der Waals surface area contributed by atoms with Gasteiger partial charge in [0.15, 0.2) is 0 Å². The Bertz CT molecular complexity index is 252. The standard InChI is InChI=1S/C9H22N2O3S/c1-9(2)15(12,13)10-5-6-11(3)7-8-14-4/h9-10H,5-8H2,1-4H3. The van der Waals surface area contributed by atoms with Gasteiger partial charge in [0.1, 0.15) is 0 Å². The number of nitrogens with zero attached hydrogens (tertiary/aromatic N) is 1. The summed E-state index contributed by atoms with van der Waals surface area (Å²) in [7, 11) is 0.459. The lowest BCUT2D eigenvalue weighted by atomic mass is 10.5. The van der Waals surface area contributed by atoms with E-state index in [1.54, 1.807) is 21.0 Å². The lowest BCUT2D eigenvalue weighted by molar-refractivity contribution is 0.162. The summed E-state index contributed by atoms with van der Waals surface area (Å²) < 4.78 is 30.2. The smallest absolute Gasteiger partial charge is 0.213 e. The van der Waals surface area contributed by atoms with Crippen LogP contribution in [0.3, 0.4) is 0 Å². The fraction of sp³-hybridized carbons (Fsp3) is 1.00. The van der Waals surface area contributed by atoms with Gasteiger partial charge in [0.25, 0.3) is 0 Å². The molecule has 0 aromatic rings. The minimum Gasteiger partial charge on any atom is -0.383 e. The zero-order valence-electron chi connectivity index (χ0n) is 9.99. The van der Waals surface area contributed by atoms with Gasteiger partial charge in [-0.2, -0.15) is 0 Å². The largest absolute Gasteiger partial charge is 0.383 e. The van der Waals surface area contributed by atoms with E-state index in [-0.39, 0.29) is 5.25 Å². The molecule has 15 heavy (non-hydrogen) atoms. The zero-order chi connectivity index (χ0) is 11.9. The Morgan fingerprint density at radius 2 is 1.93 bits per heavy atom. The Kier molecular flexibility index (Phi) is 7.08. The number of sulfonamides is 1. The molecule has 1 N–H and O–H groups in total. The predicted molar refractivity (Wildman–Crippen MR) is 61.4 cm³/mol. The lowest BCUT2D eigenvalue weighted by Crippen LogP contribution is -2.37. The van der Waals surface area contributed by atoms with Crippen molar-refractivity contribution in [2.24, 2.45) is 0 Å². The van der Waals surface area contributed by atoms with Crippen LogP contribution in [0, 0.1) is 0 Å². The van der Waals surface area contributed by atoms with Crippen molar-refractivity contribution in [2.45, 2.75) is 19.1 Å². The van der Waals surface area contributed by atoms with Gasteiger partial charge in [0.05, 0.1) is 11.9 Å². The Morgan fingerprint density at radius 1 is 1.33 bits per heavy atom. The highest BCUT2D eigenvalue weighted by Crippen LogP contribution is 1.94. The molecule has 0 aliphatic carbocycles. The second-order valence-electron chi connectivity index (χ2n) is 3.78. The average molecular weight is 238 g/mol. The number of likely N-dealkylation sites (N-methyl/N-ethyl adjacent to an activating group) is 1. The molecule has 0 unspecified atom stereocenters. The van der Waals surface area contributed by atoms with Crippen LogP contribution < -0.4 is 4.72 Å². The summed E-state index contributed by atoms with van der Waals surface area (Å²) in [5.74, 6) is 0. The predicted octanol–water partition coefficient (Wildman–Crippen LogP) is -0.108. The van der Waals surface area contributed by atoms with E-state index >= 15 is 0 Å². The molecule has 0 fully saturated rings. The number of hydrogen-bond acceptors (Lipinski definition) is 4. The summed E-state index contributed by atoms with van der Waals surface area (Å²) in [5, 5.41) is -0.373. The first-order valence-corrected chi connectivity index (χ1v) is 6.60. The van der Waals surface area contributed by atoms with Gasteiger partial charge in [-0.05, 0) is 20.9 Å². The van der Waals surface area contributed by atoms with Gasteiger partial charge < -0.3 is 9.64 Å². The molecule has 0 aromatic heterocycles. The maximum absolute atomic E-state index is 11.4. The number of methoxy groups -OCH3 is 1. The lowest BCUT2D eigenvalue weighted by Gasteiger charge is -2.16. The third-order valence-electron chi connectivity index (χ3n) is 2.09. The molecule has 0 aromatic carbocycles. The van der Waals surface area contributed by atoms with Gasteiger partial charge >= 0.3 is 0 Å². The molecule has 6 heteroatoms. The monoisotopic (exact) mass is 238 g/mol. The van der Waals surface area contributed by atoms with E-state index in [4.69, 9.17) is 4.74 Å². The van der Waals surface area contributed by atoms with E-state index in [0.29, 0.717) is 19.7 Å². The normalized spacial score (nSPS) is 12.7. The van der Waals surface area contributed by atoms with Crippen molar-refractivity contribution in [1.82, 2.24) is 9.62 Å². The third-order valence-corrected chi connectivity index (χ3v) is 3.94. The van der Waals surface area contributed by atoms with E-state index in [0.717, 1.165) is 6.54 Å². The Morgan fingerprint density at radius 3 is 2.40 bits per heavy atom. The van der Waals surface area contributed by atoms with Crippen molar-refractivity contribution >= 4 is 10.0 Å². The van der Waals surface area contributed by atoms with Crippen LogP contribution in [0.1, 0.15) is 13.8 Å². The number of rotatable bonds is 8. The topological polar surface area (TPSA) is 58.6 Å². The first-order valence-electron chi connectivity index (χ1n) is 5.06. The molecule has 92 valence electrons. The van der Waals surface area contributed by atoms with Gasteiger partial charge in [0, 0.05) is 26.7 Å². The molecular formula is C9H22N2O3S. The van der Waals surface area contributed by atoms with Gasteiger partial charge in [-0.3, -0.25) is 0 Å². The van der Waals surface area contributed by atoms with Crippen molar-refractivity contribution in [2.75, 3.05) is 40.4 Å². The van der Waals surface area contributed by atoms with Gasteiger partial charge in [-0.25, -0.2) is 13.1 Å². The highest BCUT2D eigenvalue weighted by molar-refractivity contribution is 7.90. The Labute approximate surface area is 92.8 Å². The minimum absolute atomic E-state index is 0.373. The summed E-state index contributed by atoms with van der Waals surface area (Å²) in [6.45, 7) is 5.93. The van der Waals surface area contributed by atoms with Crippen LogP contribution >= 0.6 is 0 Å². The van der Waals surface area contributed by atoms with Gasteiger partial charge in [-0.1, -0.05) is 0 Å². The van der Waals surface area contributed by atoms with Crippen molar-refractivity contribution in [3.63, 3.8) is 0 Å². The molecule has 0 aliphatic heterocycles. The molecule has 0 atom stereocenters. The minimum atomic E-state index is -3.12. The Hall–Kier alpha value is -0.170. The molecule has 0 saturated carbocycles. The molecular weight excluding hydrogens is 216 g/mol. The average Bonchev–Trinajstić information content (AvgIpc) is 2.14. The van der Waals surface area contributed by atoms with E-state index in [2.05, 4.69) is 4.72 Å². The zero-order valence-corrected chi connectivity index (χ0v) is 10.8. The van der Waals surface area contributed by atoms with E-state index in [1.165, 1.54) is 0 Å². The van der Waals surface area contributed by atoms with Crippen LogP contribution in [0.4, 0.5) is 0 Å². The molecule has 0 amide bonds. The molecule has 0 bridgehead atoms. The van der Waals surface area contributed by atoms with Crippen LogP contribution in [0.5, 0.6) is 0 Å². The summed E-state index contributed by atoms with van der Waals surface area (Å²) in [6.07, 6.45) is 0. The molecule has 0 spiro atoms. The molecule has 0 radical (unpaired) electrons. The van der Waals surface area contributed by atoms with E-state index in [1.807, 2.05) is 11.9 Å². The van der Waals surface area contributed by atoms with Crippen molar-refractivity contribution in [1.29, 1.82) is 0 Å². The maximum Gasteiger partial charge on any atom is 0.213 e. The van der Waals surface area contributed by atoms with E-state index < -0.39 is 10.0 Å². The van der Waals surface area contributed by atoms with Crippen molar-refractivity contribution in [3.05, 3.63) is 0 Å². The van der Waals surface area contributed by atoms with Crippen LogP contribution in [0.2, 0.25) is 0 Å².